The molecule has 8 heteroatoms. The Morgan fingerprint density at radius 2 is 0.942 bits per heavy atom. The van der Waals surface area contributed by atoms with Crippen molar-refractivity contribution < 1.29 is 9.47 Å². The molecule has 0 aliphatic heterocycles. The molecule has 0 N–H and O–H groups in total. The van der Waals surface area contributed by atoms with E-state index in [1.165, 1.54) is 0 Å². The SMILES string of the molecule is CC(C)N(C)CCCOc1ccc(-c2nc3ccccc3n2CC=CCn2c(-c3ccc(OCCCN(C)C(C)C)cc3)nc3ccccc32)cc1. The van der Waals surface area contributed by atoms with Gasteiger partial charge in [-0.15, -0.1) is 0 Å². The smallest absolute Gasteiger partial charge is 0.141 e. The van der Waals surface area contributed by atoms with Gasteiger partial charge in [-0.25, -0.2) is 9.97 Å². The van der Waals surface area contributed by atoms with Crippen LogP contribution in [0.15, 0.2) is 109 Å². The second-order valence-electron chi connectivity index (χ2n) is 14.1. The Bertz CT molecular complexity index is 1890. The molecule has 6 rings (SSSR count). The van der Waals surface area contributed by atoms with E-state index in [0.717, 1.165) is 82.3 Å². The highest BCUT2D eigenvalue weighted by Gasteiger charge is 2.14. The molecule has 6 aromatic rings. The van der Waals surface area contributed by atoms with Gasteiger partial charge in [0.05, 0.1) is 35.3 Å². The predicted molar refractivity (Wildman–Crippen MR) is 215 cm³/mol. The molecule has 0 aliphatic carbocycles. The maximum atomic E-state index is 6.06. The van der Waals surface area contributed by atoms with Gasteiger partial charge in [0.2, 0.25) is 0 Å². The first kappa shape index (κ1) is 36.9. The summed E-state index contributed by atoms with van der Waals surface area (Å²) in [6.45, 7) is 13.7. The minimum atomic E-state index is 0.540. The fourth-order valence-corrected chi connectivity index (χ4v) is 6.25. The van der Waals surface area contributed by atoms with Crippen LogP contribution in [-0.2, 0) is 13.1 Å². The Morgan fingerprint density at radius 3 is 1.33 bits per heavy atom. The van der Waals surface area contributed by atoms with Gasteiger partial charge in [-0.3, -0.25) is 0 Å². The van der Waals surface area contributed by atoms with Crippen molar-refractivity contribution in [3.05, 3.63) is 109 Å². The highest BCUT2D eigenvalue weighted by atomic mass is 16.5. The van der Waals surface area contributed by atoms with Crippen molar-refractivity contribution in [2.24, 2.45) is 0 Å². The molecule has 0 aliphatic rings. The van der Waals surface area contributed by atoms with Crippen LogP contribution in [-0.4, -0.2) is 81.4 Å². The third kappa shape index (κ3) is 9.11. The van der Waals surface area contributed by atoms with E-state index in [4.69, 9.17) is 19.4 Å². The zero-order valence-electron chi connectivity index (χ0n) is 31.7. The Balaban J connectivity index is 1.14. The van der Waals surface area contributed by atoms with Gasteiger partial charge in [-0.2, -0.15) is 0 Å². The van der Waals surface area contributed by atoms with Crippen molar-refractivity contribution in [3.63, 3.8) is 0 Å². The number of benzene rings is 4. The monoisotopic (exact) mass is 698 g/mol. The van der Waals surface area contributed by atoms with Gasteiger partial charge >= 0.3 is 0 Å². The molecule has 2 heterocycles. The third-order valence-corrected chi connectivity index (χ3v) is 9.89. The number of hydrogen-bond acceptors (Lipinski definition) is 6. The summed E-state index contributed by atoms with van der Waals surface area (Å²) in [6.07, 6.45) is 6.45. The molecule has 8 nitrogen and oxygen atoms in total. The summed E-state index contributed by atoms with van der Waals surface area (Å²) >= 11 is 0. The molecular weight excluding hydrogens is 645 g/mol. The van der Waals surface area contributed by atoms with Crippen molar-refractivity contribution in [3.8, 4) is 34.3 Å². The van der Waals surface area contributed by atoms with Crippen LogP contribution in [0.25, 0.3) is 44.8 Å². The van der Waals surface area contributed by atoms with Crippen LogP contribution in [0, 0.1) is 0 Å². The highest BCUT2D eigenvalue weighted by Crippen LogP contribution is 2.29. The van der Waals surface area contributed by atoms with Gasteiger partial charge in [0, 0.05) is 49.4 Å². The summed E-state index contributed by atoms with van der Waals surface area (Å²) in [7, 11) is 4.31. The molecule has 0 atom stereocenters. The first-order valence-corrected chi connectivity index (χ1v) is 18.7. The van der Waals surface area contributed by atoms with Gasteiger partial charge in [-0.1, -0.05) is 36.4 Å². The van der Waals surface area contributed by atoms with Crippen LogP contribution < -0.4 is 9.47 Å². The highest BCUT2D eigenvalue weighted by molar-refractivity contribution is 5.82. The van der Waals surface area contributed by atoms with Gasteiger partial charge in [0.25, 0.3) is 0 Å². The second kappa shape index (κ2) is 17.5. The molecule has 0 saturated heterocycles. The molecule has 0 radical (unpaired) electrons. The normalized spacial score (nSPS) is 12.1. The minimum absolute atomic E-state index is 0.540. The molecular formula is C44H54N6O2. The number of nitrogens with zero attached hydrogens (tertiary/aromatic N) is 6. The van der Waals surface area contributed by atoms with E-state index in [1.54, 1.807) is 0 Å². The molecule has 0 saturated carbocycles. The largest absolute Gasteiger partial charge is 0.494 e. The van der Waals surface area contributed by atoms with Crippen molar-refractivity contribution in [2.75, 3.05) is 40.4 Å². The number of aromatic nitrogens is 4. The van der Waals surface area contributed by atoms with Gasteiger partial charge in [0.15, 0.2) is 0 Å². The lowest BCUT2D eigenvalue weighted by Crippen LogP contribution is -2.28. The number of hydrogen-bond donors (Lipinski definition) is 0. The van der Waals surface area contributed by atoms with Gasteiger partial charge in [-0.05, 0) is 127 Å². The number of imidazole rings is 2. The van der Waals surface area contributed by atoms with Crippen LogP contribution in [0.3, 0.4) is 0 Å². The standard InChI is InChI=1S/C44H54N6O2/c1-33(2)47(5)27-13-31-51-37-23-19-35(20-24-37)43-45-39-15-7-9-17-41(39)49(43)29-11-12-30-50-42-18-10-8-16-40(42)46-44(50)36-21-25-38(26-22-36)52-32-14-28-48(6)34(3)4/h7-12,15-26,33-34H,13-14,27-32H2,1-6H3. The molecule has 2 aromatic heterocycles. The number of para-hydroxylation sites is 4. The zero-order chi connectivity index (χ0) is 36.5. The van der Waals surface area contributed by atoms with Crippen molar-refractivity contribution in [1.29, 1.82) is 0 Å². The quantitative estimate of drug-likeness (QED) is 0.0659. The van der Waals surface area contributed by atoms with Crippen molar-refractivity contribution in [2.45, 2.75) is 65.7 Å². The first-order valence-electron chi connectivity index (χ1n) is 18.7. The van der Waals surface area contributed by atoms with Gasteiger partial charge < -0.3 is 28.4 Å². The molecule has 4 aromatic carbocycles. The second-order valence-corrected chi connectivity index (χ2v) is 14.1. The van der Waals surface area contributed by atoms with Crippen LogP contribution in [0.1, 0.15) is 40.5 Å². The maximum Gasteiger partial charge on any atom is 0.141 e. The lowest BCUT2D eigenvalue weighted by atomic mass is 10.2. The van der Waals surface area contributed by atoms with E-state index in [0.29, 0.717) is 38.4 Å². The first-order chi connectivity index (χ1) is 25.3. The Labute approximate surface area is 309 Å². The minimum Gasteiger partial charge on any atom is -0.494 e. The van der Waals surface area contributed by atoms with Crippen LogP contribution in [0.5, 0.6) is 11.5 Å². The summed E-state index contributed by atoms with van der Waals surface area (Å²) in [5.41, 5.74) is 6.32. The molecule has 52 heavy (non-hydrogen) atoms. The van der Waals surface area contributed by atoms with Crippen molar-refractivity contribution >= 4 is 22.1 Å². The fourth-order valence-electron chi connectivity index (χ4n) is 6.25. The molecule has 272 valence electrons. The summed E-state index contributed by atoms with van der Waals surface area (Å²) < 4.78 is 16.7. The number of ether oxygens (including phenoxy) is 2. The van der Waals surface area contributed by atoms with Gasteiger partial charge in [0.1, 0.15) is 23.1 Å². The zero-order valence-corrected chi connectivity index (χ0v) is 31.7. The van der Waals surface area contributed by atoms with Crippen molar-refractivity contribution in [1.82, 2.24) is 28.9 Å². The molecule has 0 fully saturated rings. The maximum absolute atomic E-state index is 6.06. The van der Waals surface area contributed by atoms with Crippen LogP contribution in [0.4, 0.5) is 0 Å². The van der Waals surface area contributed by atoms with Crippen LogP contribution in [0.2, 0.25) is 0 Å². The average Bonchev–Trinajstić information content (AvgIpc) is 3.72. The van der Waals surface area contributed by atoms with E-state index in [-0.39, 0.29) is 0 Å². The molecule has 0 unspecified atom stereocenters. The summed E-state index contributed by atoms with van der Waals surface area (Å²) in [4.78, 5) is 14.8. The number of rotatable bonds is 18. The number of allylic oxidation sites excluding steroid dienone is 2. The summed E-state index contributed by atoms with van der Waals surface area (Å²) in [5.74, 6) is 3.65. The Morgan fingerprint density at radius 1 is 0.558 bits per heavy atom. The predicted octanol–water partition coefficient (Wildman–Crippen LogP) is 9.19. The van der Waals surface area contributed by atoms with Crippen LogP contribution >= 0.6 is 0 Å². The van der Waals surface area contributed by atoms with E-state index in [2.05, 4.69) is 158 Å². The number of fused-ring (bicyclic) bond motifs is 2. The summed E-state index contributed by atoms with van der Waals surface area (Å²) in [6, 6.07) is 34.4. The lowest BCUT2D eigenvalue weighted by Gasteiger charge is -2.20. The molecule has 0 spiro atoms. The Hall–Kier alpha value is -4.92. The van der Waals surface area contributed by atoms with E-state index in [1.807, 2.05) is 12.1 Å². The van der Waals surface area contributed by atoms with E-state index in [9.17, 15) is 0 Å². The molecule has 0 amide bonds. The fraction of sp³-hybridized carbons (Fsp3) is 0.364. The summed E-state index contributed by atoms with van der Waals surface area (Å²) in [5, 5.41) is 0. The lowest BCUT2D eigenvalue weighted by molar-refractivity contribution is 0.234. The molecule has 0 bridgehead atoms. The average molecular weight is 699 g/mol. The Kier molecular flexibility index (Phi) is 12.4. The van der Waals surface area contributed by atoms with E-state index >= 15 is 0 Å². The topological polar surface area (TPSA) is 60.6 Å². The van der Waals surface area contributed by atoms with E-state index < -0.39 is 0 Å². The third-order valence-electron chi connectivity index (χ3n) is 9.89.